The van der Waals surface area contributed by atoms with Gasteiger partial charge in [0.05, 0.1) is 17.3 Å². The van der Waals surface area contributed by atoms with Gasteiger partial charge in [-0.3, -0.25) is 14.6 Å². The van der Waals surface area contributed by atoms with Crippen molar-refractivity contribution in [2.45, 2.75) is 33.1 Å². The Balaban J connectivity index is 1.63. The van der Waals surface area contributed by atoms with Crippen molar-refractivity contribution in [3.05, 3.63) is 53.6 Å². The molecule has 138 valence electrons. The van der Waals surface area contributed by atoms with Crippen LogP contribution in [0.1, 0.15) is 30.4 Å². The standard InChI is InChI=1S/C22H23N3O2/c1-14-7-5-8-15(2)21(14)24-20(26)13-25-19-12-4-3-10-18(19)23-17-11-6-9-16(17)22(25)27/h3-5,7-8,10,12,16H,6,9,11,13H2,1-2H3,(H,24,26)/t16-/m0/s1. The number of hydrogen-bond donors (Lipinski definition) is 1. The van der Waals surface area contributed by atoms with Gasteiger partial charge in [0.25, 0.3) is 0 Å². The van der Waals surface area contributed by atoms with Crippen molar-refractivity contribution in [1.29, 1.82) is 0 Å². The normalized spacial score (nSPS) is 18.4. The zero-order chi connectivity index (χ0) is 19.0. The molecule has 0 unspecified atom stereocenters. The summed E-state index contributed by atoms with van der Waals surface area (Å²) >= 11 is 0. The molecule has 0 bridgehead atoms. The molecule has 4 rings (SSSR count). The topological polar surface area (TPSA) is 61.8 Å². The van der Waals surface area contributed by atoms with Crippen molar-refractivity contribution in [3.63, 3.8) is 0 Å². The van der Waals surface area contributed by atoms with Crippen molar-refractivity contribution in [1.82, 2.24) is 0 Å². The van der Waals surface area contributed by atoms with E-state index in [-0.39, 0.29) is 24.3 Å². The first-order chi connectivity index (χ1) is 13.0. The number of fused-ring (bicyclic) bond motifs is 2. The van der Waals surface area contributed by atoms with Gasteiger partial charge < -0.3 is 10.2 Å². The van der Waals surface area contributed by atoms with Gasteiger partial charge in [0.1, 0.15) is 6.54 Å². The van der Waals surface area contributed by atoms with E-state index < -0.39 is 0 Å². The Labute approximate surface area is 159 Å². The molecular formula is C22H23N3O2. The van der Waals surface area contributed by atoms with Crippen LogP contribution in [0.2, 0.25) is 0 Å². The SMILES string of the molecule is Cc1cccc(C)c1NC(=O)CN1C(=O)[C@H]2CCCC2=Nc2ccccc21. The van der Waals surface area contributed by atoms with Crippen LogP contribution in [0.15, 0.2) is 47.5 Å². The second kappa shape index (κ2) is 6.99. The molecule has 27 heavy (non-hydrogen) atoms. The number of anilines is 2. The van der Waals surface area contributed by atoms with Crippen LogP contribution in [0.4, 0.5) is 17.1 Å². The molecular weight excluding hydrogens is 338 g/mol. The highest BCUT2D eigenvalue weighted by atomic mass is 16.2. The molecule has 1 N–H and O–H groups in total. The van der Waals surface area contributed by atoms with Crippen molar-refractivity contribution in [3.8, 4) is 0 Å². The first kappa shape index (κ1) is 17.5. The molecule has 1 atom stereocenters. The zero-order valence-corrected chi connectivity index (χ0v) is 15.7. The average molecular weight is 361 g/mol. The maximum Gasteiger partial charge on any atom is 0.244 e. The number of hydrogen-bond acceptors (Lipinski definition) is 3. The fourth-order valence-corrected chi connectivity index (χ4v) is 3.97. The van der Waals surface area contributed by atoms with Crippen LogP contribution in [0.25, 0.3) is 0 Å². The number of nitrogens with zero attached hydrogens (tertiary/aromatic N) is 2. The van der Waals surface area contributed by atoms with Crippen LogP contribution < -0.4 is 10.2 Å². The van der Waals surface area contributed by atoms with Gasteiger partial charge in [0.15, 0.2) is 0 Å². The summed E-state index contributed by atoms with van der Waals surface area (Å²) in [6.07, 6.45) is 2.63. The van der Waals surface area contributed by atoms with Crippen LogP contribution in [0.3, 0.4) is 0 Å². The number of nitrogens with one attached hydrogen (secondary N) is 1. The molecule has 2 aromatic rings. The van der Waals surface area contributed by atoms with Crippen molar-refractivity contribution in [2.24, 2.45) is 10.9 Å². The molecule has 0 aromatic heterocycles. The summed E-state index contributed by atoms with van der Waals surface area (Å²) in [6.45, 7) is 3.92. The van der Waals surface area contributed by atoms with Gasteiger partial charge in [0, 0.05) is 11.4 Å². The predicted molar refractivity (Wildman–Crippen MR) is 108 cm³/mol. The van der Waals surface area contributed by atoms with Crippen LogP contribution in [0, 0.1) is 19.8 Å². The van der Waals surface area contributed by atoms with Gasteiger partial charge in [-0.15, -0.1) is 0 Å². The molecule has 5 heteroatoms. The maximum atomic E-state index is 13.2. The van der Waals surface area contributed by atoms with Crippen LogP contribution >= 0.6 is 0 Å². The van der Waals surface area contributed by atoms with Gasteiger partial charge in [-0.2, -0.15) is 0 Å². The van der Waals surface area contributed by atoms with Crippen LogP contribution in [-0.2, 0) is 9.59 Å². The number of rotatable bonds is 3. The number of para-hydroxylation sites is 3. The molecule has 1 saturated carbocycles. The maximum absolute atomic E-state index is 13.2. The van der Waals surface area contributed by atoms with Crippen LogP contribution in [0.5, 0.6) is 0 Å². The third-order valence-corrected chi connectivity index (χ3v) is 5.38. The van der Waals surface area contributed by atoms with E-state index in [1.165, 1.54) is 0 Å². The summed E-state index contributed by atoms with van der Waals surface area (Å²) in [5.74, 6) is -0.421. The molecule has 1 fully saturated rings. The lowest BCUT2D eigenvalue weighted by Gasteiger charge is -2.24. The number of aliphatic imine (C=N–C) groups is 1. The molecule has 0 saturated heterocycles. The minimum absolute atomic E-state index is 0.0110. The lowest BCUT2D eigenvalue weighted by molar-refractivity contribution is -0.122. The third-order valence-electron chi connectivity index (χ3n) is 5.38. The fraction of sp³-hybridized carbons (Fsp3) is 0.318. The predicted octanol–water partition coefficient (Wildman–Crippen LogP) is 4.16. The summed E-state index contributed by atoms with van der Waals surface area (Å²) < 4.78 is 0. The van der Waals surface area contributed by atoms with Crippen LogP contribution in [-0.4, -0.2) is 24.1 Å². The number of benzene rings is 2. The summed E-state index contributed by atoms with van der Waals surface area (Å²) in [6, 6.07) is 13.5. The highest BCUT2D eigenvalue weighted by Crippen LogP contribution is 2.37. The summed E-state index contributed by atoms with van der Waals surface area (Å²) in [5.41, 5.74) is 5.26. The first-order valence-electron chi connectivity index (χ1n) is 9.38. The molecule has 2 aliphatic rings. The second-order valence-corrected chi connectivity index (χ2v) is 7.28. The summed E-state index contributed by atoms with van der Waals surface area (Å²) in [7, 11) is 0. The zero-order valence-electron chi connectivity index (χ0n) is 15.7. The largest absolute Gasteiger partial charge is 0.324 e. The summed E-state index contributed by atoms with van der Waals surface area (Å²) in [4.78, 5) is 32.3. The van der Waals surface area contributed by atoms with Gasteiger partial charge in [-0.05, 0) is 56.4 Å². The Bertz CT molecular complexity index is 928. The quantitative estimate of drug-likeness (QED) is 0.892. The molecule has 2 aromatic carbocycles. The minimum atomic E-state index is -0.203. The number of amides is 2. The van der Waals surface area contributed by atoms with E-state index >= 15 is 0 Å². The molecule has 1 heterocycles. The van der Waals surface area contributed by atoms with E-state index in [4.69, 9.17) is 4.99 Å². The third kappa shape index (κ3) is 3.25. The fourth-order valence-electron chi connectivity index (χ4n) is 3.97. The van der Waals surface area contributed by atoms with Gasteiger partial charge in [-0.1, -0.05) is 30.3 Å². The van der Waals surface area contributed by atoms with E-state index in [1.807, 2.05) is 56.3 Å². The Kier molecular flexibility index (Phi) is 4.52. The smallest absolute Gasteiger partial charge is 0.244 e. The van der Waals surface area contributed by atoms with Gasteiger partial charge in [0.2, 0.25) is 11.8 Å². The Hall–Kier alpha value is -2.95. The van der Waals surface area contributed by atoms with E-state index in [0.717, 1.165) is 47.5 Å². The number of carbonyl (C=O) groups excluding carboxylic acids is 2. The summed E-state index contributed by atoms with van der Waals surface area (Å²) in [5, 5.41) is 2.99. The lowest BCUT2D eigenvalue weighted by Crippen LogP contribution is -2.42. The Morgan fingerprint density at radius 2 is 1.89 bits per heavy atom. The van der Waals surface area contributed by atoms with E-state index in [2.05, 4.69) is 5.32 Å². The Morgan fingerprint density at radius 3 is 2.67 bits per heavy atom. The number of carbonyl (C=O) groups is 2. The lowest BCUT2D eigenvalue weighted by atomic mass is 10.0. The van der Waals surface area contributed by atoms with Gasteiger partial charge in [-0.25, -0.2) is 0 Å². The molecule has 5 nitrogen and oxygen atoms in total. The molecule has 0 radical (unpaired) electrons. The van der Waals surface area contributed by atoms with Crippen molar-refractivity contribution >= 4 is 34.6 Å². The monoisotopic (exact) mass is 361 g/mol. The molecule has 2 amide bonds. The molecule has 1 aliphatic heterocycles. The highest BCUT2D eigenvalue weighted by molar-refractivity contribution is 6.16. The minimum Gasteiger partial charge on any atom is -0.324 e. The first-order valence-corrected chi connectivity index (χ1v) is 9.38. The van der Waals surface area contributed by atoms with E-state index in [0.29, 0.717) is 5.69 Å². The van der Waals surface area contributed by atoms with Gasteiger partial charge >= 0.3 is 0 Å². The molecule has 0 spiro atoms. The highest BCUT2D eigenvalue weighted by Gasteiger charge is 2.37. The average Bonchev–Trinajstić information content (AvgIpc) is 3.07. The van der Waals surface area contributed by atoms with E-state index in [9.17, 15) is 9.59 Å². The van der Waals surface area contributed by atoms with E-state index in [1.54, 1.807) is 4.90 Å². The van der Waals surface area contributed by atoms with Crippen molar-refractivity contribution < 1.29 is 9.59 Å². The number of aryl methyl sites for hydroxylation is 2. The Morgan fingerprint density at radius 1 is 1.15 bits per heavy atom. The molecule has 1 aliphatic carbocycles. The van der Waals surface area contributed by atoms with Crippen molar-refractivity contribution in [2.75, 3.05) is 16.8 Å². The second-order valence-electron chi connectivity index (χ2n) is 7.28.